The minimum atomic E-state index is 0.928. The van der Waals surface area contributed by atoms with Gasteiger partial charge >= 0.3 is 0 Å². The lowest BCUT2D eigenvalue weighted by Crippen LogP contribution is -2.20. The molecule has 0 aliphatic carbocycles. The van der Waals surface area contributed by atoms with Crippen molar-refractivity contribution in [2.45, 2.75) is 13.3 Å². The molecule has 1 aliphatic rings. The summed E-state index contributed by atoms with van der Waals surface area (Å²) in [5, 5.41) is 0. The number of rotatable bonds is 2. The highest BCUT2D eigenvalue weighted by molar-refractivity contribution is 7.77. The molecule has 0 aromatic rings. The highest BCUT2D eigenvalue weighted by Crippen LogP contribution is 2.07. The van der Waals surface area contributed by atoms with Crippen molar-refractivity contribution in [1.29, 1.82) is 0 Å². The lowest BCUT2D eigenvalue weighted by atomic mass is 10.4. The first kappa shape index (κ1) is 6.81. The van der Waals surface area contributed by atoms with Crippen LogP contribution < -0.4 is 0 Å². The average Bonchev–Trinajstić information content (AvgIpc) is 2.17. The molecule has 2 nitrogen and oxygen atoms in total. The van der Waals surface area contributed by atoms with E-state index >= 15 is 0 Å². The quantitative estimate of drug-likeness (QED) is 0.583. The Morgan fingerprint density at radius 3 is 2.78 bits per heavy atom. The molecule has 52 valence electrons. The maximum atomic E-state index is 4.15. The molecule has 0 bridgehead atoms. The Morgan fingerprint density at radius 2 is 2.33 bits per heavy atom. The van der Waals surface area contributed by atoms with Crippen molar-refractivity contribution >= 4 is 12.8 Å². The molecule has 0 aromatic carbocycles. The monoisotopic (exact) mass is 144 g/mol. The Hall–Kier alpha value is -0.310. The normalized spacial score (nSPS) is 17.6. The zero-order valence-corrected chi connectivity index (χ0v) is 6.51. The molecule has 1 aliphatic heterocycles. The molecule has 0 saturated heterocycles. The minimum Gasteiger partial charge on any atom is -0.358 e. The molecule has 0 unspecified atom stereocenters. The number of hydrogen-bond acceptors (Lipinski definition) is 3. The van der Waals surface area contributed by atoms with Gasteiger partial charge in [-0.05, 0) is 6.42 Å². The van der Waals surface area contributed by atoms with Crippen LogP contribution in [0.5, 0.6) is 0 Å². The first-order chi connectivity index (χ1) is 4.33. The summed E-state index contributed by atoms with van der Waals surface area (Å²) < 4.78 is 1.87. The molecule has 0 fully saturated rings. The Morgan fingerprint density at radius 1 is 1.56 bits per heavy atom. The van der Waals surface area contributed by atoms with Crippen molar-refractivity contribution in [3.8, 4) is 0 Å². The van der Waals surface area contributed by atoms with Crippen molar-refractivity contribution in [1.82, 2.24) is 9.21 Å². The smallest absolute Gasteiger partial charge is 0.0997 e. The second kappa shape index (κ2) is 3.01. The molecule has 0 spiro atoms. The molecule has 0 radical (unpaired) electrons. The largest absolute Gasteiger partial charge is 0.358 e. The molecule has 0 aromatic heterocycles. The van der Waals surface area contributed by atoms with E-state index in [0.29, 0.717) is 0 Å². The predicted molar refractivity (Wildman–Crippen MR) is 41.8 cm³/mol. The first-order valence-electron chi connectivity index (χ1n) is 3.21. The number of hydrogen-bond donors (Lipinski definition) is 1. The van der Waals surface area contributed by atoms with Crippen LogP contribution in [-0.2, 0) is 0 Å². The fourth-order valence-corrected chi connectivity index (χ4v) is 1.11. The molecule has 9 heavy (non-hydrogen) atoms. The molecule has 0 N–H and O–H groups in total. The maximum absolute atomic E-state index is 4.15. The van der Waals surface area contributed by atoms with Crippen LogP contribution >= 0.6 is 12.8 Å². The SMILES string of the molecule is CCCN1C=CN(S)C1. The van der Waals surface area contributed by atoms with E-state index in [4.69, 9.17) is 0 Å². The van der Waals surface area contributed by atoms with Crippen LogP contribution in [0.1, 0.15) is 13.3 Å². The third-order valence-electron chi connectivity index (χ3n) is 1.29. The second-order valence-electron chi connectivity index (χ2n) is 2.19. The van der Waals surface area contributed by atoms with Gasteiger partial charge in [-0.25, -0.2) is 0 Å². The Kier molecular flexibility index (Phi) is 2.28. The molecule has 0 saturated carbocycles. The summed E-state index contributed by atoms with van der Waals surface area (Å²) in [7, 11) is 0. The molecular formula is C6H12N2S. The highest BCUT2D eigenvalue weighted by atomic mass is 32.1. The lowest BCUT2D eigenvalue weighted by molar-refractivity contribution is 0.348. The first-order valence-corrected chi connectivity index (χ1v) is 3.61. The molecule has 0 amide bonds. The van der Waals surface area contributed by atoms with Gasteiger partial charge in [0.05, 0.1) is 6.67 Å². The van der Waals surface area contributed by atoms with E-state index in [-0.39, 0.29) is 0 Å². The summed E-state index contributed by atoms with van der Waals surface area (Å²) in [5.41, 5.74) is 0. The zero-order chi connectivity index (χ0) is 6.69. The van der Waals surface area contributed by atoms with Crippen LogP contribution in [0.25, 0.3) is 0 Å². The van der Waals surface area contributed by atoms with Gasteiger partial charge in [0.25, 0.3) is 0 Å². The van der Waals surface area contributed by atoms with Gasteiger partial charge in [-0.1, -0.05) is 19.7 Å². The fourth-order valence-electron chi connectivity index (χ4n) is 0.884. The van der Waals surface area contributed by atoms with Gasteiger partial charge in [-0.3, -0.25) is 0 Å². The summed E-state index contributed by atoms with van der Waals surface area (Å²) in [5.74, 6) is 0. The van der Waals surface area contributed by atoms with Gasteiger partial charge in [-0.15, -0.1) is 0 Å². The predicted octanol–water partition coefficient (Wildman–Crippen LogP) is 1.29. The van der Waals surface area contributed by atoms with Crippen LogP contribution in [0.15, 0.2) is 12.4 Å². The Labute approximate surface area is 61.7 Å². The van der Waals surface area contributed by atoms with Gasteiger partial charge in [0.1, 0.15) is 0 Å². The zero-order valence-electron chi connectivity index (χ0n) is 5.62. The van der Waals surface area contributed by atoms with Crippen LogP contribution in [0, 0.1) is 0 Å². The molecule has 3 heteroatoms. The van der Waals surface area contributed by atoms with Crippen molar-refractivity contribution in [3.63, 3.8) is 0 Å². The fraction of sp³-hybridized carbons (Fsp3) is 0.667. The molecule has 1 rings (SSSR count). The van der Waals surface area contributed by atoms with E-state index in [1.165, 1.54) is 6.42 Å². The number of thiol groups is 1. The standard InChI is InChI=1S/C6H12N2S/c1-2-3-7-4-5-8(9)6-7/h4-5,9H,2-3,6H2,1H3. The van der Waals surface area contributed by atoms with Crippen molar-refractivity contribution < 1.29 is 0 Å². The average molecular weight is 144 g/mol. The summed E-state index contributed by atoms with van der Waals surface area (Å²) in [4.78, 5) is 2.23. The molecule has 0 atom stereocenters. The van der Waals surface area contributed by atoms with Crippen LogP contribution in [0.3, 0.4) is 0 Å². The summed E-state index contributed by atoms with van der Waals surface area (Å²) in [6.07, 6.45) is 5.24. The summed E-state index contributed by atoms with van der Waals surface area (Å²) in [6, 6.07) is 0. The maximum Gasteiger partial charge on any atom is 0.0997 e. The van der Waals surface area contributed by atoms with Gasteiger partial charge in [0, 0.05) is 18.9 Å². The molecule has 1 heterocycles. The Balaban J connectivity index is 2.24. The van der Waals surface area contributed by atoms with E-state index in [0.717, 1.165) is 13.2 Å². The third-order valence-corrected chi connectivity index (χ3v) is 1.55. The summed E-state index contributed by atoms with van der Waals surface area (Å²) >= 11 is 4.15. The topological polar surface area (TPSA) is 6.48 Å². The van der Waals surface area contributed by atoms with E-state index in [1.807, 2.05) is 10.5 Å². The van der Waals surface area contributed by atoms with E-state index in [2.05, 4.69) is 30.8 Å². The van der Waals surface area contributed by atoms with E-state index in [9.17, 15) is 0 Å². The third kappa shape index (κ3) is 1.82. The van der Waals surface area contributed by atoms with Gasteiger partial charge in [0.2, 0.25) is 0 Å². The van der Waals surface area contributed by atoms with Crippen molar-refractivity contribution in [2.75, 3.05) is 13.2 Å². The van der Waals surface area contributed by atoms with Gasteiger partial charge in [-0.2, -0.15) is 0 Å². The highest BCUT2D eigenvalue weighted by Gasteiger charge is 2.05. The summed E-state index contributed by atoms with van der Waals surface area (Å²) in [6.45, 7) is 4.24. The Bertz CT molecular complexity index is 114. The lowest BCUT2D eigenvalue weighted by Gasteiger charge is -2.15. The van der Waals surface area contributed by atoms with Gasteiger partial charge < -0.3 is 9.21 Å². The van der Waals surface area contributed by atoms with Crippen LogP contribution in [-0.4, -0.2) is 22.4 Å². The van der Waals surface area contributed by atoms with Crippen LogP contribution in [0.4, 0.5) is 0 Å². The second-order valence-corrected chi connectivity index (χ2v) is 2.71. The minimum absolute atomic E-state index is 0.928. The molecular weight excluding hydrogens is 132 g/mol. The van der Waals surface area contributed by atoms with Crippen LogP contribution in [0.2, 0.25) is 0 Å². The van der Waals surface area contributed by atoms with E-state index < -0.39 is 0 Å². The van der Waals surface area contributed by atoms with E-state index in [1.54, 1.807) is 0 Å². The van der Waals surface area contributed by atoms with Crippen molar-refractivity contribution in [2.24, 2.45) is 0 Å². The van der Waals surface area contributed by atoms with Crippen molar-refractivity contribution in [3.05, 3.63) is 12.4 Å². The number of nitrogens with zero attached hydrogens (tertiary/aromatic N) is 2. The van der Waals surface area contributed by atoms with Gasteiger partial charge in [0.15, 0.2) is 0 Å².